The van der Waals surface area contributed by atoms with E-state index in [2.05, 4.69) is 72.4 Å². The zero-order valence-electron chi connectivity index (χ0n) is 23.0. The smallest absolute Gasteiger partial charge is 0.399 e. The first kappa shape index (κ1) is 27.3. The Balaban J connectivity index is 1.28. The van der Waals surface area contributed by atoms with Gasteiger partial charge >= 0.3 is 13.1 Å². The number of aliphatic hydroxyl groups excluding tert-OH is 1. The van der Waals surface area contributed by atoms with Gasteiger partial charge in [0.25, 0.3) is 0 Å². The zero-order valence-corrected chi connectivity index (χ0v) is 23.0. The molecule has 0 unspecified atom stereocenters. The van der Waals surface area contributed by atoms with Crippen LogP contribution in [0.3, 0.4) is 0 Å². The molecule has 2 atom stereocenters. The molecule has 2 aliphatic rings. The molecule has 2 saturated heterocycles. The van der Waals surface area contributed by atoms with E-state index in [9.17, 15) is 9.90 Å². The molecule has 4 rings (SSSR count). The highest BCUT2D eigenvalue weighted by Crippen LogP contribution is 2.36. The van der Waals surface area contributed by atoms with Gasteiger partial charge in [-0.3, -0.25) is 0 Å². The van der Waals surface area contributed by atoms with Crippen LogP contribution in [0.4, 0.5) is 21.9 Å². The number of hydrogen-bond donors (Lipinski definition) is 3. The predicted molar refractivity (Wildman–Crippen MR) is 151 cm³/mol. The lowest BCUT2D eigenvalue weighted by molar-refractivity contribution is 0.00578. The third-order valence-electron chi connectivity index (χ3n) is 7.89. The number of benzene rings is 2. The monoisotopic (exact) mass is 508 g/mol. The fraction of sp³-hybridized carbons (Fsp3) is 0.536. The van der Waals surface area contributed by atoms with Crippen LogP contribution in [0.5, 0.6) is 0 Å². The average molecular weight is 508 g/mol. The van der Waals surface area contributed by atoms with Gasteiger partial charge in [-0.15, -0.1) is 0 Å². The molecule has 9 heteroatoms. The molecule has 2 fully saturated rings. The summed E-state index contributed by atoms with van der Waals surface area (Å²) in [7, 11) is -0.342. The van der Waals surface area contributed by atoms with Crippen molar-refractivity contribution in [2.24, 2.45) is 0 Å². The maximum absolute atomic E-state index is 12.2. The summed E-state index contributed by atoms with van der Waals surface area (Å²) in [6.07, 6.45) is 0.0741. The van der Waals surface area contributed by atoms with Crippen LogP contribution in [-0.2, 0) is 9.31 Å². The van der Waals surface area contributed by atoms with Gasteiger partial charge in [0.05, 0.1) is 23.3 Å². The third kappa shape index (κ3) is 6.22. The number of carbonyl (C=O) groups excluding carboxylic acids is 1. The van der Waals surface area contributed by atoms with Gasteiger partial charge in [-0.2, -0.15) is 0 Å². The number of amides is 2. The van der Waals surface area contributed by atoms with Crippen LogP contribution in [-0.4, -0.2) is 67.8 Å². The molecule has 200 valence electrons. The van der Waals surface area contributed by atoms with Gasteiger partial charge in [-0.1, -0.05) is 19.1 Å². The van der Waals surface area contributed by atoms with Gasteiger partial charge in [-0.05, 0) is 82.9 Å². The number of hydrogen-bond acceptors (Lipinski definition) is 6. The second kappa shape index (κ2) is 10.9. The lowest BCUT2D eigenvalue weighted by atomic mass is 9.79. The molecule has 8 nitrogen and oxygen atoms in total. The summed E-state index contributed by atoms with van der Waals surface area (Å²) >= 11 is 0. The summed E-state index contributed by atoms with van der Waals surface area (Å²) in [5.41, 5.74) is 3.42. The molecule has 3 N–H and O–H groups in total. The molecule has 0 spiro atoms. The molecular weight excluding hydrogens is 467 g/mol. The normalized spacial score (nSPS) is 20.5. The zero-order chi connectivity index (χ0) is 26.8. The van der Waals surface area contributed by atoms with Crippen molar-refractivity contribution in [3.05, 3.63) is 48.5 Å². The molecular formula is C28H41BN4O4. The van der Waals surface area contributed by atoms with Crippen LogP contribution in [0.1, 0.15) is 48.0 Å². The Morgan fingerprint density at radius 3 is 1.81 bits per heavy atom. The Labute approximate surface area is 221 Å². The highest BCUT2D eigenvalue weighted by Gasteiger charge is 2.51. The van der Waals surface area contributed by atoms with Gasteiger partial charge in [-0.25, -0.2) is 4.79 Å². The minimum Gasteiger partial charge on any atom is -0.399 e. The number of nitrogens with zero attached hydrogens (tertiary/aromatic N) is 2. The van der Waals surface area contributed by atoms with E-state index in [1.54, 1.807) is 6.92 Å². The van der Waals surface area contributed by atoms with E-state index in [1.807, 2.05) is 31.2 Å². The summed E-state index contributed by atoms with van der Waals surface area (Å²) < 4.78 is 12.4. The SMILES string of the molecule is CC[C@H](NC(=O)Nc1ccc(N2CCN(c3ccc(B4OC(C)(C)C(C)(C)O4)cc3)CC2)cc1)[C@H](C)O. The molecule has 2 heterocycles. The molecule has 0 saturated carbocycles. The quantitative estimate of drug-likeness (QED) is 0.496. The Kier molecular flexibility index (Phi) is 8.06. The van der Waals surface area contributed by atoms with Gasteiger partial charge in [0.2, 0.25) is 0 Å². The molecule has 2 aliphatic heterocycles. The number of piperazine rings is 1. The van der Waals surface area contributed by atoms with Crippen molar-refractivity contribution >= 4 is 35.7 Å². The van der Waals surface area contributed by atoms with Crippen molar-refractivity contribution in [2.45, 2.75) is 71.3 Å². The molecule has 2 aromatic rings. The standard InChI is InChI=1S/C28H41BN4O4/c1-7-25(20(2)34)31-26(35)30-22-10-14-24(15-11-22)33-18-16-32(17-19-33)23-12-8-21(9-13-23)29-36-27(3,4)28(5,6)37-29/h8-15,20,25,34H,7,16-19H2,1-6H3,(H2,30,31,35)/t20-,25-/m0/s1. The Hall–Kier alpha value is -2.75. The number of rotatable bonds is 7. The number of aliphatic hydroxyl groups is 1. The molecule has 0 aliphatic carbocycles. The number of urea groups is 1. The third-order valence-corrected chi connectivity index (χ3v) is 7.89. The highest BCUT2D eigenvalue weighted by molar-refractivity contribution is 6.62. The van der Waals surface area contributed by atoms with Crippen molar-refractivity contribution in [3.8, 4) is 0 Å². The van der Waals surface area contributed by atoms with Gasteiger partial charge in [0.15, 0.2) is 0 Å². The van der Waals surface area contributed by atoms with Crippen LogP contribution in [0.25, 0.3) is 0 Å². The molecule has 2 aromatic carbocycles. The topological polar surface area (TPSA) is 86.3 Å². The van der Waals surface area contributed by atoms with E-state index in [1.165, 1.54) is 5.69 Å². The Morgan fingerprint density at radius 2 is 1.38 bits per heavy atom. The maximum Gasteiger partial charge on any atom is 0.494 e. The van der Waals surface area contributed by atoms with Crippen molar-refractivity contribution in [1.82, 2.24) is 5.32 Å². The summed E-state index contributed by atoms with van der Waals surface area (Å²) in [5, 5.41) is 15.4. The lowest BCUT2D eigenvalue weighted by Gasteiger charge is -2.37. The van der Waals surface area contributed by atoms with E-state index in [0.29, 0.717) is 6.42 Å². The second-order valence-corrected chi connectivity index (χ2v) is 11.1. The molecule has 0 bridgehead atoms. The minimum absolute atomic E-state index is 0.268. The first-order valence-corrected chi connectivity index (χ1v) is 13.3. The maximum atomic E-state index is 12.2. The summed E-state index contributed by atoms with van der Waals surface area (Å²) in [6, 6.07) is 15.9. The van der Waals surface area contributed by atoms with Crippen LogP contribution < -0.4 is 25.9 Å². The molecule has 0 aromatic heterocycles. The fourth-order valence-corrected chi connectivity index (χ4v) is 4.70. The summed E-state index contributed by atoms with van der Waals surface area (Å²) in [4.78, 5) is 17.0. The van der Waals surface area contributed by atoms with Crippen LogP contribution in [0, 0.1) is 0 Å². The van der Waals surface area contributed by atoms with E-state index >= 15 is 0 Å². The number of nitrogens with one attached hydrogen (secondary N) is 2. The van der Waals surface area contributed by atoms with E-state index in [-0.39, 0.29) is 30.4 Å². The number of carbonyl (C=O) groups is 1. The Bertz CT molecular complexity index is 1030. The molecule has 37 heavy (non-hydrogen) atoms. The second-order valence-electron chi connectivity index (χ2n) is 11.1. The highest BCUT2D eigenvalue weighted by atomic mass is 16.7. The van der Waals surface area contributed by atoms with Crippen molar-refractivity contribution < 1.29 is 19.2 Å². The average Bonchev–Trinajstić information content (AvgIpc) is 3.09. The van der Waals surface area contributed by atoms with E-state index < -0.39 is 6.10 Å². The summed E-state index contributed by atoms with van der Waals surface area (Å²) in [5.74, 6) is 0. The summed E-state index contributed by atoms with van der Waals surface area (Å²) in [6.45, 7) is 15.6. The van der Waals surface area contributed by atoms with E-state index in [4.69, 9.17) is 9.31 Å². The molecule has 0 radical (unpaired) electrons. The van der Waals surface area contributed by atoms with Crippen molar-refractivity contribution in [3.63, 3.8) is 0 Å². The fourth-order valence-electron chi connectivity index (χ4n) is 4.70. The molecule has 2 amide bonds. The van der Waals surface area contributed by atoms with Crippen molar-refractivity contribution in [1.29, 1.82) is 0 Å². The predicted octanol–water partition coefficient (Wildman–Crippen LogP) is 3.59. The van der Waals surface area contributed by atoms with Crippen LogP contribution in [0.2, 0.25) is 0 Å². The number of anilines is 3. The Morgan fingerprint density at radius 1 is 0.919 bits per heavy atom. The van der Waals surface area contributed by atoms with Gasteiger partial charge < -0.3 is 34.8 Å². The first-order valence-electron chi connectivity index (χ1n) is 13.3. The van der Waals surface area contributed by atoms with Crippen LogP contribution in [0.15, 0.2) is 48.5 Å². The largest absolute Gasteiger partial charge is 0.494 e. The van der Waals surface area contributed by atoms with Gasteiger partial charge in [0, 0.05) is 43.2 Å². The van der Waals surface area contributed by atoms with Crippen LogP contribution >= 0.6 is 0 Å². The lowest BCUT2D eigenvalue weighted by Crippen LogP contribution is -2.46. The van der Waals surface area contributed by atoms with E-state index in [0.717, 1.165) is 43.0 Å². The minimum atomic E-state index is -0.593. The first-order chi connectivity index (χ1) is 17.5. The van der Waals surface area contributed by atoms with Crippen molar-refractivity contribution in [2.75, 3.05) is 41.3 Å². The van der Waals surface area contributed by atoms with Gasteiger partial charge in [0.1, 0.15) is 0 Å².